The van der Waals surface area contributed by atoms with E-state index in [4.69, 9.17) is 4.74 Å². The molecule has 21 heavy (non-hydrogen) atoms. The molecule has 7 heteroatoms. The van der Waals surface area contributed by atoms with Crippen molar-refractivity contribution in [3.05, 3.63) is 0 Å². The first-order valence-corrected chi connectivity index (χ1v) is 7.08. The van der Waals surface area contributed by atoms with E-state index in [1.807, 2.05) is 0 Å². The number of amides is 2. The summed E-state index contributed by atoms with van der Waals surface area (Å²) in [4.78, 5) is 27.0. The van der Waals surface area contributed by atoms with Crippen LogP contribution in [0, 0.1) is 0 Å². The molecule has 2 N–H and O–H groups in total. The minimum absolute atomic E-state index is 0.188. The van der Waals surface area contributed by atoms with Crippen molar-refractivity contribution in [2.75, 3.05) is 26.2 Å². The van der Waals surface area contributed by atoms with Crippen LogP contribution in [0.3, 0.4) is 0 Å². The average Bonchev–Trinajstić information content (AvgIpc) is 2.33. The smallest absolute Gasteiger partial charge is 0.410 e. The Morgan fingerprint density at radius 2 is 1.76 bits per heavy atom. The Hall–Kier alpha value is -1.34. The van der Waals surface area contributed by atoms with E-state index in [0.717, 1.165) is 0 Å². The topological polar surface area (TPSA) is 90.3 Å². The molecule has 1 aliphatic rings. The predicted octanol–water partition coefficient (Wildman–Crippen LogP) is 0.198. The van der Waals surface area contributed by atoms with Gasteiger partial charge in [-0.1, -0.05) is 0 Å². The third-order valence-corrected chi connectivity index (χ3v) is 3.13. The van der Waals surface area contributed by atoms with Gasteiger partial charge < -0.3 is 24.7 Å². The summed E-state index contributed by atoms with van der Waals surface area (Å²) >= 11 is 0. The van der Waals surface area contributed by atoms with E-state index in [0.29, 0.717) is 6.54 Å². The maximum absolute atomic E-state index is 12.1. The van der Waals surface area contributed by atoms with E-state index in [1.165, 1.54) is 23.6 Å². The summed E-state index contributed by atoms with van der Waals surface area (Å²) in [6, 6.07) is -0.537. The number of aliphatic hydroxyl groups excluding tert-OH is 1. The van der Waals surface area contributed by atoms with Gasteiger partial charge in [-0.3, -0.25) is 4.79 Å². The minimum atomic E-state index is -1.50. The third-order valence-electron chi connectivity index (χ3n) is 3.13. The molecule has 1 aliphatic heterocycles. The van der Waals surface area contributed by atoms with E-state index < -0.39 is 29.2 Å². The second kappa shape index (κ2) is 6.19. The van der Waals surface area contributed by atoms with Crippen LogP contribution in [-0.2, 0) is 9.53 Å². The summed E-state index contributed by atoms with van der Waals surface area (Å²) in [5.41, 5.74) is -2.09. The summed E-state index contributed by atoms with van der Waals surface area (Å²) in [7, 11) is 0. The molecule has 0 spiro atoms. The molecule has 0 radical (unpaired) electrons. The number of rotatable bonds is 2. The first-order valence-electron chi connectivity index (χ1n) is 7.08. The second-order valence-electron chi connectivity index (χ2n) is 6.82. The highest BCUT2D eigenvalue weighted by Crippen LogP contribution is 2.18. The minimum Gasteiger partial charge on any atom is -0.444 e. The summed E-state index contributed by atoms with van der Waals surface area (Å²) in [5.74, 6) is -0.453. The molecule has 0 bridgehead atoms. The van der Waals surface area contributed by atoms with Crippen LogP contribution in [-0.4, -0.2) is 75.5 Å². The van der Waals surface area contributed by atoms with Gasteiger partial charge >= 0.3 is 6.09 Å². The number of nitrogens with zero attached hydrogens (tertiary/aromatic N) is 2. The molecule has 1 saturated heterocycles. The van der Waals surface area contributed by atoms with Crippen molar-refractivity contribution in [2.24, 2.45) is 0 Å². The van der Waals surface area contributed by atoms with Crippen LogP contribution in [0.2, 0.25) is 0 Å². The quantitative estimate of drug-likeness (QED) is 0.760. The molecule has 0 aromatic heterocycles. The van der Waals surface area contributed by atoms with Gasteiger partial charge in [0.1, 0.15) is 11.2 Å². The zero-order chi connectivity index (χ0) is 16.4. The molecule has 1 heterocycles. The SMILES string of the molecule is CC(C)(C)OC(=O)N1CCN(C(=O)C(C)(C)O)C(CO)C1. The zero-order valence-corrected chi connectivity index (χ0v) is 13.4. The van der Waals surface area contributed by atoms with Crippen molar-refractivity contribution in [1.29, 1.82) is 0 Å². The first kappa shape index (κ1) is 17.7. The van der Waals surface area contributed by atoms with Gasteiger partial charge in [-0.05, 0) is 34.6 Å². The third kappa shape index (κ3) is 4.86. The van der Waals surface area contributed by atoms with Gasteiger partial charge in [0, 0.05) is 19.6 Å². The summed E-state index contributed by atoms with van der Waals surface area (Å²) in [6.07, 6.45) is -0.462. The van der Waals surface area contributed by atoms with Gasteiger partial charge in [-0.15, -0.1) is 0 Å². The molecule has 1 rings (SSSR count). The van der Waals surface area contributed by atoms with E-state index >= 15 is 0 Å². The van der Waals surface area contributed by atoms with Crippen LogP contribution in [0.25, 0.3) is 0 Å². The molecular formula is C14H26N2O5. The Balaban J connectivity index is 2.74. The van der Waals surface area contributed by atoms with Gasteiger partial charge in [0.15, 0.2) is 0 Å². The van der Waals surface area contributed by atoms with Gasteiger partial charge in [0.05, 0.1) is 12.6 Å². The monoisotopic (exact) mass is 302 g/mol. The number of ether oxygens (including phenoxy) is 1. The van der Waals surface area contributed by atoms with Gasteiger partial charge in [-0.25, -0.2) is 4.79 Å². The Morgan fingerprint density at radius 3 is 2.19 bits per heavy atom. The van der Waals surface area contributed by atoms with E-state index in [1.54, 1.807) is 20.8 Å². The molecule has 1 fully saturated rings. The molecule has 1 atom stereocenters. The van der Waals surface area contributed by atoms with Crippen LogP contribution in [0.5, 0.6) is 0 Å². The average molecular weight is 302 g/mol. The number of carbonyl (C=O) groups excluding carboxylic acids is 2. The number of carbonyl (C=O) groups is 2. The van der Waals surface area contributed by atoms with Crippen LogP contribution < -0.4 is 0 Å². The van der Waals surface area contributed by atoms with Crippen molar-refractivity contribution in [3.8, 4) is 0 Å². The lowest BCUT2D eigenvalue weighted by atomic mass is 10.0. The Morgan fingerprint density at radius 1 is 1.19 bits per heavy atom. The molecule has 7 nitrogen and oxygen atoms in total. The second-order valence-corrected chi connectivity index (χ2v) is 6.82. The Labute approximate surface area is 125 Å². The number of aliphatic hydroxyl groups is 2. The molecule has 0 aromatic carbocycles. The normalized spacial score (nSPS) is 20.4. The Kier molecular flexibility index (Phi) is 5.22. The fraction of sp³-hybridized carbons (Fsp3) is 0.857. The molecule has 2 amide bonds. The van der Waals surface area contributed by atoms with Crippen LogP contribution in [0.15, 0.2) is 0 Å². The molecule has 0 saturated carbocycles. The summed E-state index contributed by atoms with van der Waals surface area (Å²) in [5, 5.41) is 19.3. The fourth-order valence-corrected chi connectivity index (χ4v) is 2.12. The molecular weight excluding hydrogens is 276 g/mol. The fourth-order valence-electron chi connectivity index (χ4n) is 2.12. The highest BCUT2D eigenvalue weighted by Gasteiger charge is 2.38. The van der Waals surface area contributed by atoms with Crippen molar-refractivity contribution < 1.29 is 24.5 Å². The predicted molar refractivity (Wildman–Crippen MR) is 76.7 cm³/mol. The molecule has 0 aliphatic carbocycles. The molecule has 0 aromatic rings. The van der Waals surface area contributed by atoms with E-state index in [9.17, 15) is 19.8 Å². The van der Waals surface area contributed by atoms with Crippen LogP contribution in [0.1, 0.15) is 34.6 Å². The largest absolute Gasteiger partial charge is 0.444 e. The van der Waals surface area contributed by atoms with Gasteiger partial charge in [0.25, 0.3) is 5.91 Å². The standard InChI is InChI=1S/C14H26N2O5/c1-13(2,3)21-12(19)15-6-7-16(10(8-15)9-17)11(18)14(4,5)20/h10,17,20H,6-9H2,1-5H3. The highest BCUT2D eigenvalue weighted by atomic mass is 16.6. The number of hydrogen-bond acceptors (Lipinski definition) is 5. The van der Waals surface area contributed by atoms with Crippen molar-refractivity contribution >= 4 is 12.0 Å². The summed E-state index contributed by atoms with van der Waals surface area (Å²) in [6.45, 7) is 8.64. The number of hydrogen-bond donors (Lipinski definition) is 2. The van der Waals surface area contributed by atoms with Crippen LogP contribution >= 0.6 is 0 Å². The van der Waals surface area contributed by atoms with E-state index in [-0.39, 0.29) is 19.7 Å². The first-order chi connectivity index (χ1) is 9.45. The lowest BCUT2D eigenvalue weighted by molar-refractivity contribution is -0.154. The van der Waals surface area contributed by atoms with Crippen molar-refractivity contribution in [3.63, 3.8) is 0 Å². The summed E-state index contributed by atoms with van der Waals surface area (Å²) < 4.78 is 5.29. The van der Waals surface area contributed by atoms with Crippen molar-refractivity contribution in [1.82, 2.24) is 9.80 Å². The lowest BCUT2D eigenvalue weighted by Crippen LogP contribution is -2.61. The van der Waals surface area contributed by atoms with E-state index in [2.05, 4.69) is 0 Å². The maximum Gasteiger partial charge on any atom is 0.410 e. The zero-order valence-electron chi connectivity index (χ0n) is 13.4. The van der Waals surface area contributed by atoms with Gasteiger partial charge in [0.2, 0.25) is 0 Å². The highest BCUT2D eigenvalue weighted by molar-refractivity contribution is 5.84. The molecule has 122 valence electrons. The van der Waals surface area contributed by atoms with Gasteiger partial charge in [-0.2, -0.15) is 0 Å². The van der Waals surface area contributed by atoms with Crippen molar-refractivity contribution in [2.45, 2.75) is 51.9 Å². The maximum atomic E-state index is 12.1. The molecule has 1 unspecified atom stereocenters. The van der Waals surface area contributed by atoms with Crippen LogP contribution in [0.4, 0.5) is 4.79 Å². The lowest BCUT2D eigenvalue weighted by Gasteiger charge is -2.42. The number of piperazine rings is 1. The Bertz CT molecular complexity index is 397.